The number of hydrogen-bond acceptors (Lipinski definition) is 3. The number of benzene rings is 1. The SMILES string of the molecule is CC1CCN(C(=O)c2ccccc2NC(=O)CCC2CCNCC2)CC1.Cl. The second-order valence-electron chi connectivity index (χ2n) is 7.80. The van der Waals surface area contributed by atoms with E-state index in [1.54, 1.807) is 0 Å². The minimum Gasteiger partial charge on any atom is -0.339 e. The van der Waals surface area contributed by atoms with E-state index in [9.17, 15) is 9.59 Å². The lowest BCUT2D eigenvalue weighted by Gasteiger charge is -2.30. The summed E-state index contributed by atoms with van der Waals surface area (Å²) in [6, 6.07) is 7.40. The third-order valence-electron chi connectivity index (χ3n) is 5.74. The van der Waals surface area contributed by atoms with Gasteiger partial charge in [-0.05, 0) is 69.2 Å². The van der Waals surface area contributed by atoms with Crippen LogP contribution in [0.5, 0.6) is 0 Å². The summed E-state index contributed by atoms with van der Waals surface area (Å²) in [5.74, 6) is 1.36. The first-order valence-electron chi connectivity index (χ1n) is 10.0. The fraction of sp³-hybridized carbons (Fsp3) is 0.619. The van der Waals surface area contributed by atoms with E-state index in [0.29, 0.717) is 29.5 Å². The van der Waals surface area contributed by atoms with Crippen LogP contribution in [0.25, 0.3) is 0 Å². The smallest absolute Gasteiger partial charge is 0.255 e. The van der Waals surface area contributed by atoms with E-state index in [-0.39, 0.29) is 24.2 Å². The van der Waals surface area contributed by atoms with Gasteiger partial charge in [-0.3, -0.25) is 9.59 Å². The first kappa shape index (κ1) is 21.7. The van der Waals surface area contributed by atoms with Gasteiger partial charge in [0.25, 0.3) is 5.91 Å². The normalized spacial score (nSPS) is 18.6. The quantitative estimate of drug-likeness (QED) is 0.801. The molecule has 27 heavy (non-hydrogen) atoms. The van der Waals surface area contributed by atoms with Gasteiger partial charge in [0.2, 0.25) is 5.91 Å². The number of halogens is 1. The van der Waals surface area contributed by atoms with Crippen LogP contribution in [0.1, 0.15) is 55.8 Å². The van der Waals surface area contributed by atoms with Crippen molar-refractivity contribution in [2.75, 3.05) is 31.5 Å². The molecule has 2 aliphatic rings. The molecular weight excluding hydrogens is 362 g/mol. The predicted octanol–water partition coefficient (Wildman–Crippen LogP) is 3.70. The standard InChI is InChI=1S/C21H31N3O2.ClH/c1-16-10-14-24(15-11-16)21(26)18-4-2-3-5-19(18)23-20(25)7-6-17-8-12-22-13-9-17;/h2-5,16-17,22H,6-15H2,1H3,(H,23,25);1H. The first-order valence-corrected chi connectivity index (χ1v) is 10.0. The number of carbonyl (C=O) groups is 2. The number of para-hydroxylation sites is 1. The Morgan fingerprint density at radius 3 is 2.48 bits per heavy atom. The van der Waals surface area contributed by atoms with E-state index in [4.69, 9.17) is 0 Å². The van der Waals surface area contributed by atoms with Crippen molar-refractivity contribution >= 4 is 29.9 Å². The Balaban J connectivity index is 0.00000261. The number of nitrogens with zero attached hydrogens (tertiary/aromatic N) is 1. The highest BCUT2D eigenvalue weighted by molar-refractivity contribution is 6.03. The Morgan fingerprint density at radius 2 is 1.78 bits per heavy atom. The van der Waals surface area contributed by atoms with Crippen molar-refractivity contribution in [2.45, 2.75) is 45.4 Å². The molecule has 0 unspecified atom stereocenters. The van der Waals surface area contributed by atoms with Crippen molar-refractivity contribution in [1.29, 1.82) is 0 Å². The van der Waals surface area contributed by atoms with E-state index in [1.165, 1.54) is 0 Å². The van der Waals surface area contributed by atoms with E-state index in [1.807, 2.05) is 29.2 Å². The largest absolute Gasteiger partial charge is 0.339 e. The van der Waals surface area contributed by atoms with Gasteiger partial charge in [0, 0.05) is 19.5 Å². The molecule has 0 radical (unpaired) electrons. The molecule has 2 amide bonds. The summed E-state index contributed by atoms with van der Waals surface area (Å²) in [7, 11) is 0. The van der Waals surface area contributed by atoms with E-state index >= 15 is 0 Å². The second kappa shape index (κ2) is 10.7. The molecule has 150 valence electrons. The highest BCUT2D eigenvalue weighted by Gasteiger charge is 2.23. The number of anilines is 1. The van der Waals surface area contributed by atoms with Crippen LogP contribution < -0.4 is 10.6 Å². The van der Waals surface area contributed by atoms with Gasteiger partial charge < -0.3 is 15.5 Å². The third-order valence-corrected chi connectivity index (χ3v) is 5.74. The maximum Gasteiger partial charge on any atom is 0.255 e. The summed E-state index contributed by atoms with van der Waals surface area (Å²) in [5, 5.41) is 6.33. The van der Waals surface area contributed by atoms with Crippen LogP contribution in [0, 0.1) is 11.8 Å². The number of hydrogen-bond donors (Lipinski definition) is 2. The third kappa shape index (κ3) is 6.22. The molecule has 6 heteroatoms. The van der Waals surface area contributed by atoms with Crippen LogP contribution in [0.4, 0.5) is 5.69 Å². The van der Waals surface area contributed by atoms with Gasteiger partial charge >= 0.3 is 0 Å². The van der Waals surface area contributed by atoms with Gasteiger partial charge in [0.15, 0.2) is 0 Å². The summed E-state index contributed by atoms with van der Waals surface area (Å²) >= 11 is 0. The lowest BCUT2D eigenvalue weighted by atomic mass is 9.93. The molecular formula is C21H32ClN3O2. The topological polar surface area (TPSA) is 61.4 Å². The lowest BCUT2D eigenvalue weighted by Crippen LogP contribution is -2.38. The first-order chi connectivity index (χ1) is 12.6. The molecule has 2 N–H and O–H groups in total. The molecule has 2 saturated heterocycles. The van der Waals surface area contributed by atoms with Crippen LogP contribution in [0.2, 0.25) is 0 Å². The number of rotatable bonds is 5. The van der Waals surface area contributed by atoms with Gasteiger partial charge in [-0.1, -0.05) is 19.1 Å². The molecule has 0 bridgehead atoms. The Hall–Kier alpha value is -1.59. The number of carbonyl (C=O) groups excluding carboxylic acids is 2. The summed E-state index contributed by atoms with van der Waals surface area (Å²) in [6.07, 6.45) is 5.85. The fourth-order valence-corrected chi connectivity index (χ4v) is 3.88. The highest BCUT2D eigenvalue weighted by atomic mass is 35.5. The lowest BCUT2D eigenvalue weighted by molar-refractivity contribution is -0.116. The molecule has 2 aliphatic heterocycles. The number of nitrogens with one attached hydrogen (secondary N) is 2. The van der Waals surface area contributed by atoms with Crippen LogP contribution >= 0.6 is 12.4 Å². The van der Waals surface area contributed by atoms with Crippen LogP contribution in [-0.4, -0.2) is 42.9 Å². The van der Waals surface area contributed by atoms with Crippen molar-refractivity contribution in [3.8, 4) is 0 Å². The van der Waals surface area contributed by atoms with Crippen LogP contribution in [-0.2, 0) is 4.79 Å². The van der Waals surface area contributed by atoms with Crippen LogP contribution in [0.3, 0.4) is 0 Å². The van der Waals surface area contributed by atoms with Gasteiger partial charge in [0.1, 0.15) is 0 Å². The Bertz CT molecular complexity index is 624. The summed E-state index contributed by atoms with van der Waals surface area (Å²) < 4.78 is 0. The molecule has 5 nitrogen and oxygen atoms in total. The van der Waals surface area contributed by atoms with Crippen molar-refractivity contribution in [3.63, 3.8) is 0 Å². The molecule has 1 aromatic carbocycles. The van der Waals surface area contributed by atoms with Gasteiger partial charge in [0.05, 0.1) is 11.3 Å². The Morgan fingerprint density at radius 1 is 1.11 bits per heavy atom. The van der Waals surface area contributed by atoms with Gasteiger partial charge in [-0.2, -0.15) is 0 Å². The zero-order valence-corrected chi connectivity index (χ0v) is 17.0. The second-order valence-corrected chi connectivity index (χ2v) is 7.80. The van der Waals surface area contributed by atoms with Gasteiger partial charge in [-0.15, -0.1) is 12.4 Å². The summed E-state index contributed by atoms with van der Waals surface area (Å²) in [5.41, 5.74) is 1.25. The molecule has 0 aliphatic carbocycles. The monoisotopic (exact) mass is 393 g/mol. The Kier molecular flexibility index (Phi) is 8.58. The Labute approximate surface area is 168 Å². The molecule has 3 rings (SSSR count). The molecule has 2 fully saturated rings. The van der Waals surface area contributed by atoms with E-state index < -0.39 is 0 Å². The zero-order valence-electron chi connectivity index (χ0n) is 16.2. The maximum atomic E-state index is 12.9. The maximum absolute atomic E-state index is 12.9. The van der Waals surface area contributed by atoms with Crippen molar-refractivity contribution in [1.82, 2.24) is 10.2 Å². The molecule has 0 spiro atoms. The van der Waals surface area contributed by atoms with E-state index in [0.717, 1.165) is 58.3 Å². The molecule has 0 saturated carbocycles. The van der Waals surface area contributed by atoms with Crippen LogP contribution in [0.15, 0.2) is 24.3 Å². The predicted molar refractivity (Wildman–Crippen MR) is 111 cm³/mol. The zero-order chi connectivity index (χ0) is 18.4. The van der Waals surface area contributed by atoms with Crippen molar-refractivity contribution < 1.29 is 9.59 Å². The van der Waals surface area contributed by atoms with Gasteiger partial charge in [-0.25, -0.2) is 0 Å². The summed E-state index contributed by atoms with van der Waals surface area (Å²) in [6.45, 7) is 5.95. The van der Waals surface area contributed by atoms with E-state index in [2.05, 4.69) is 17.6 Å². The molecule has 0 aromatic heterocycles. The number of piperidine rings is 2. The highest BCUT2D eigenvalue weighted by Crippen LogP contribution is 2.23. The molecule has 1 aromatic rings. The fourth-order valence-electron chi connectivity index (χ4n) is 3.88. The molecule has 2 heterocycles. The average molecular weight is 394 g/mol. The number of likely N-dealkylation sites (tertiary alicyclic amines) is 1. The van der Waals surface area contributed by atoms with Crippen molar-refractivity contribution in [3.05, 3.63) is 29.8 Å². The average Bonchev–Trinajstić information content (AvgIpc) is 2.68. The number of amides is 2. The minimum atomic E-state index is 0. The minimum absolute atomic E-state index is 0. The van der Waals surface area contributed by atoms with Crippen molar-refractivity contribution in [2.24, 2.45) is 11.8 Å². The summed E-state index contributed by atoms with van der Waals surface area (Å²) in [4.78, 5) is 27.2. The molecule has 0 atom stereocenters.